The van der Waals surface area contributed by atoms with E-state index in [0.29, 0.717) is 17.0 Å². The first-order valence-corrected chi connectivity index (χ1v) is 24.4. The summed E-state index contributed by atoms with van der Waals surface area (Å²) < 4.78 is 9.36. The fraction of sp³-hybridized carbons (Fsp3) is 0.121. The van der Waals surface area contributed by atoms with Crippen LogP contribution in [-0.2, 0) is 10.8 Å². The van der Waals surface area contributed by atoms with Gasteiger partial charge >= 0.3 is 0 Å². The summed E-state index contributed by atoms with van der Waals surface area (Å²) in [6.07, 6.45) is 1.90. The maximum atomic E-state index is 12.4. The van der Waals surface area contributed by atoms with Crippen LogP contribution in [0.2, 0.25) is 0 Å². The Labute approximate surface area is 414 Å². The zero-order valence-electron chi connectivity index (χ0n) is 40.8. The monoisotopic (exact) mass is 919 g/mol. The van der Waals surface area contributed by atoms with Crippen molar-refractivity contribution in [1.29, 1.82) is 0 Å². The molecule has 12 rings (SSSR count). The molecule has 0 saturated heterocycles. The predicted octanol–water partition coefficient (Wildman–Crippen LogP) is 17.8. The standard InChI is InChI=1S/C66H53N3O2/c1-65(2,3)48-36-46(35-47(37-48)55-39-45(33-34-67-55)42-21-12-8-13-22-42)49-27-18-28-57-62(49)68-64(69(57)56-31-29-44(38-54(56)66(4,5)6)41-19-10-7-11-20-41)61-58(70)32-30-52-60-51-26-17-16-25-50(51)53(40-59(60)71-63(52)61)43-23-14-9-15-24-43/h7-40,70H,1-6H3. The van der Waals surface area contributed by atoms with Crippen molar-refractivity contribution in [1.82, 2.24) is 14.5 Å². The average Bonchev–Trinajstić information content (AvgIpc) is 3.97. The van der Waals surface area contributed by atoms with Gasteiger partial charge in [-0.1, -0.05) is 181 Å². The first kappa shape index (κ1) is 43.7. The number of rotatable bonds is 7. The van der Waals surface area contributed by atoms with Crippen LogP contribution in [-0.4, -0.2) is 19.6 Å². The number of aromatic hydroxyl groups is 1. The zero-order chi connectivity index (χ0) is 48.6. The molecule has 9 aromatic carbocycles. The molecule has 12 aromatic rings. The molecular weight excluding hydrogens is 867 g/mol. The van der Waals surface area contributed by atoms with Gasteiger partial charge in [-0.3, -0.25) is 9.55 Å². The second-order valence-corrected chi connectivity index (χ2v) is 20.8. The molecule has 0 spiro atoms. The fourth-order valence-electron chi connectivity index (χ4n) is 10.4. The lowest BCUT2D eigenvalue weighted by molar-refractivity contribution is 0.476. The highest BCUT2D eigenvalue weighted by Crippen LogP contribution is 2.48. The lowest BCUT2D eigenvalue weighted by Gasteiger charge is -2.26. The van der Waals surface area contributed by atoms with E-state index in [1.165, 1.54) is 5.56 Å². The number of imidazole rings is 1. The highest BCUT2D eigenvalue weighted by Gasteiger charge is 2.29. The Bertz CT molecular complexity index is 4000. The predicted molar refractivity (Wildman–Crippen MR) is 295 cm³/mol. The smallest absolute Gasteiger partial charge is 0.153 e. The van der Waals surface area contributed by atoms with E-state index in [-0.39, 0.29) is 16.6 Å². The van der Waals surface area contributed by atoms with Crippen LogP contribution in [0.3, 0.4) is 0 Å². The summed E-state index contributed by atoms with van der Waals surface area (Å²) in [6, 6.07) is 70.2. The van der Waals surface area contributed by atoms with Gasteiger partial charge in [-0.05, 0) is 132 Å². The molecule has 344 valence electrons. The van der Waals surface area contributed by atoms with E-state index in [2.05, 4.69) is 222 Å². The van der Waals surface area contributed by atoms with E-state index in [4.69, 9.17) is 14.4 Å². The third-order valence-corrected chi connectivity index (χ3v) is 14.0. The van der Waals surface area contributed by atoms with E-state index in [1.54, 1.807) is 6.07 Å². The van der Waals surface area contributed by atoms with Gasteiger partial charge in [0.15, 0.2) is 5.82 Å². The van der Waals surface area contributed by atoms with Crippen molar-refractivity contribution in [2.45, 2.75) is 52.4 Å². The highest BCUT2D eigenvalue weighted by atomic mass is 16.3. The Balaban J connectivity index is 1.15. The Morgan fingerprint density at radius 1 is 0.479 bits per heavy atom. The van der Waals surface area contributed by atoms with E-state index in [0.717, 1.165) is 105 Å². The highest BCUT2D eigenvalue weighted by molar-refractivity contribution is 6.24. The fourth-order valence-corrected chi connectivity index (χ4v) is 10.4. The second kappa shape index (κ2) is 16.9. The third kappa shape index (κ3) is 7.66. The SMILES string of the molecule is CC(C)(C)c1cc(-c2cc(-c3ccccc3)ccn2)cc(-c2cccc3c2nc(-c2c(O)ccc4c2oc2cc(-c5ccccc5)c5ccccc5c24)n3-c2ccc(-c3ccccc3)cc2C(C)(C)C)c1. The van der Waals surface area contributed by atoms with Gasteiger partial charge in [0.2, 0.25) is 0 Å². The molecule has 0 amide bonds. The molecular formula is C66H53N3O2. The minimum absolute atomic E-state index is 0.0850. The molecule has 0 fully saturated rings. The Morgan fingerprint density at radius 3 is 1.82 bits per heavy atom. The van der Waals surface area contributed by atoms with Crippen molar-refractivity contribution >= 4 is 43.7 Å². The summed E-state index contributed by atoms with van der Waals surface area (Å²) >= 11 is 0. The summed E-state index contributed by atoms with van der Waals surface area (Å²) in [5.41, 5.74) is 17.1. The number of aromatic nitrogens is 3. The van der Waals surface area contributed by atoms with Crippen LogP contribution in [0, 0.1) is 0 Å². The molecule has 0 atom stereocenters. The van der Waals surface area contributed by atoms with Crippen LogP contribution in [0.4, 0.5) is 0 Å². The molecule has 5 heteroatoms. The Hall–Kier alpha value is -8.54. The molecule has 3 aromatic heterocycles. The summed E-state index contributed by atoms with van der Waals surface area (Å²) in [5, 5.41) is 16.5. The van der Waals surface area contributed by atoms with Gasteiger partial charge in [0.05, 0.1) is 22.4 Å². The van der Waals surface area contributed by atoms with Crippen LogP contribution < -0.4 is 0 Å². The largest absolute Gasteiger partial charge is 0.507 e. The third-order valence-electron chi connectivity index (χ3n) is 14.0. The summed E-state index contributed by atoms with van der Waals surface area (Å²) in [6.45, 7) is 13.6. The number of furan rings is 1. The summed E-state index contributed by atoms with van der Waals surface area (Å²) in [7, 11) is 0. The van der Waals surface area contributed by atoms with E-state index >= 15 is 0 Å². The number of hydrogen-bond donors (Lipinski definition) is 1. The second-order valence-electron chi connectivity index (χ2n) is 20.8. The van der Waals surface area contributed by atoms with Gasteiger partial charge < -0.3 is 9.52 Å². The first-order valence-electron chi connectivity index (χ1n) is 24.4. The molecule has 5 nitrogen and oxygen atoms in total. The van der Waals surface area contributed by atoms with Gasteiger partial charge in [0.25, 0.3) is 0 Å². The summed E-state index contributed by atoms with van der Waals surface area (Å²) in [4.78, 5) is 10.7. The number of phenolic OH excluding ortho intramolecular Hbond substituents is 1. The normalized spacial score (nSPS) is 12.1. The van der Waals surface area contributed by atoms with Crippen molar-refractivity contribution in [3.63, 3.8) is 0 Å². The molecule has 0 aliphatic rings. The number of pyridine rings is 1. The van der Waals surface area contributed by atoms with Crippen LogP contribution in [0.25, 0.3) is 117 Å². The number of phenols is 1. The van der Waals surface area contributed by atoms with Gasteiger partial charge in [0.1, 0.15) is 22.5 Å². The lowest BCUT2D eigenvalue weighted by Crippen LogP contribution is -2.16. The first-order chi connectivity index (χ1) is 34.4. The number of hydrogen-bond acceptors (Lipinski definition) is 4. The Morgan fingerprint density at radius 2 is 1.13 bits per heavy atom. The average molecular weight is 920 g/mol. The van der Waals surface area contributed by atoms with Crippen molar-refractivity contribution in [2.75, 3.05) is 0 Å². The molecule has 0 aliphatic heterocycles. The van der Waals surface area contributed by atoms with E-state index in [9.17, 15) is 5.11 Å². The molecule has 0 aliphatic carbocycles. The maximum Gasteiger partial charge on any atom is 0.153 e. The molecule has 3 heterocycles. The maximum absolute atomic E-state index is 12.4. The number of nitrogens with zero attached hydrogens (tertiary/aromatic N) is 3. The van der Waals surface area contributed by atoms with Crippen molar-refractivity contribution in [3.05, 3.63) is 218 Å². The molecule has 0 unspecified atom stereocenters. The van der Waals surface area contributed by atoms with Crippen LogP contribution >= 0.6 is 0 Å². The summed E-state index contributed by atoms with van der Waals surface area (Å²) in [5.74, 6) is 0.673. The van der Waals surface area contributed by atoms with E-state index in [1.807, 2.05) is 24.4 Å². The number of para-hydroxylation sites is 1. The lowest BCUT2D eigenvalue weighted by atomic mass is 9.83. The molecule has 1 N–H and O–H groups in total. The minimum atomic E-state index is -0.289. The van der Waals surface area contributed by atoms with Crippen molar-refractivity contribution < 1.29 is 9.52 Å². The molecule has 0 bridgehead atoms. The topological polar surface area (TPSA) is 64.1 Å². The number of fused-ring (bicyclic) bond motifs is 6. The molecule has 71 heavy (non-hydrogen) atoms. The quantitative estimate of drug-likeness (QED) is 0.173. The van der Waals surface area contributed by atoms with Crippen LogP contribution in [0.5, 0.6) is 5.75 Å². The van der Waals surface area contributed by atoms with Crippen LogP contribution in [0.1, 0.15) is 52.7 Å². The van der Waals surface area contributed by atoms with Crippen LogP contribution in [0.15, 0.2) is 211 Å². The minimum Gasteiger partial charge on any atom is -0.507 e. The van der Waals surface area contributed by atoms with Crippen molar-refractivity contribution in [3.8, 4) is 78.6 Å². The van der Waals surface area contributed by atoms with Gasteiger partial charge in [-0.25, -0.2) is 4.98 Å². The molecule has 0 radical (unpaired) electrons. The molecule has 0 saturated carbocycles. The van der Waals surface area contributed by atoms with Crippen molar-refractivity contribution in [2.24, 2.45) is 0 Å². The Kier molecular flexibility index (Phi) is 10.4. The van der Waals surface area contributed by atoms with Gasteiger partial charge in [-0.2, -0.15) is 0 Å². The zero-order valence-corrected chi connectivity index (χ0v) is 40.8. The van der Waals surface area contributed by atoms with E-state index < -0.39 is 0 Å². The number of benzene rings is 9. The van der Waals surface area contributed by atoms with Gasteiger partial charge in [0, 0.05) is 28.1 Å². The van der Waals surface area contributed by atoms with Gasteiger partial charge in [-0.15, -0.1) is 0 Å².